The van der Waals surface area contributed by atoms with E-state index in [1.54, 1.807) is 22.8 Å². The minimum Gasteiger partial charge on any atom is -0.288 e. The van der Waals surface area contributed by atoms with Gasteiger partial charge in [-0.3, -0.25) is 4.57 Å². The van der Waals surface area contributed by atoms with Gasteiger partial charge in [-0.1, -0.05) is 59.6 Å². The molecule has 28 heavy (non-hydrogen) atoms. The highest BCUT2D eigenvalue weighted by atomic mass is 79.9. The van der Waals surface area contributed by atoms with Gasteiger partial charge in [0.05, 0.1) is 21.4 Å². The number of aromatic nitrogens is 2. The summed E-state index contributed by atoms with van der Waals surface area (Å²) < 4.78 is 30.7. The monoisotopic (exact) mass is 478 g/mol. The molecule has 0 fully saturated rings. The van der Waals surface area contributed by atoms with Crippen molar-refractivity contribution in [1.29, 1.82) is 0 Å². The standard InChI is InChI=1S/C21H11BrCl2F2N2/c22-20-19(13-9-10-16(25)15(24)11-13)28(17-8-4-7-14(23)18(17)26)21(27-20)12-5-2-1-3-6-12/h1-11H. The van der Waals surface area contributed by atoms with Gasteiger partial charge in [-0.25, -0.2) is 13.8 Å². The molecule has 0 amide bonds. The van der Waals surface area contributed by atoms with Crippen molar-refractivity contribution in [1.82, 2.24) is 9.55 Å². The molecular formula is C21H11BrCl2F2N2. The molecule has 0 aliphatic heterocycles. The van der Waals surface area contributed by atoms with Crippen LogP contribution in [0.1, 0.15) is 0 Å². The van der Waals surface area contributed by atoms with Crippen LogP contribution in [0.2, 0.25) is 10.0 Å². The highest BCUT2D eigenvalue weighted by Gasteiger charge is 2.23. The summed E-state index contributed by atoms with van der Waals surface area (Å²) in [6.07, 6.45) is 0. The lowest BCUT2D eigenvalue weighted by atomic mass is 10.1. The van der Waals surface area contributed by atoms with Crippen LogP contribution in [0.4, 0.5) is 8.78 Å². The number of imidazole rings is 1. The van der Waals surface area contributed by atoms with Crippen molar-refractivity contribution >= 4 is 39.1 Å². The van der Waals surface area contributed by atoms with Crippen molar-refractivity contribution in [2.45, 2.75) is 0 Å². The van der Waals surface area contributed by atoms with Crippen LogP contribution in [-0.4, -0.2) is 9.55 Å². The lowest BCUT2D eigenvalue weighted by Crippen LogP contribution is -2.03. The molecule has 0 aliphatic rings. The number of nitrogens with zero attached hydrogens (tertiary/aromatic N) is 2. The van der Waals surface area contributed by atoms with Gasteiger partial charge >= 0.3 is 0 Å². The molecule has 3 aromatic carbocycles. The van der Waals surface area contributed by atoms with E-state index in [9.17, 15) is 8.78 Å². The maximum atomic E-state index is 14.9. The smallest absolute Gasteiger partial charge is 0.165 e. The van der Waals surface area contributed by atoms with E-state index in [2.05, 4.69) is 20.9 Å². The second-order valence-corrected chi connectivity index (χ2v) is 7.54. The maximum absolute atomic E-state index is 14.9. The van der Waals surface area contributed by atoms with Crippen LogP contribution < -0.4 is 0 Å². The van der Waals surface area contributed by atoms with Crippen LogP contribution in [0.25, 0.3) is 28.3 Å². The third-order valence-corrected chi connectivity index (χ3v) is 5.37. The van der Waals surface area contributed by atoms with Crippen molar-refractivity contribution in [2.24, 2.45) is 0 Å². The summed E-state index contributed by atoms with van der Waals surface area (Å²) >= 11 is 15.5. The molecule has 0 N–H and O–H groups in total. The Kier molecular flexibility index (Phi) is 5.23. The molecule has 0 radical (unpaired) electrons. The first-order chi connectivity index (χ1) is 13.5. The Morgan fingerprint density at radius 2 is 1.57 bits per heavy atom. The fourth-order valence-corrected chi connectivity index (χ4v) is 3.89. The largest absolute Gasteiger partial charge is 0.288 e. The third-order valence-electron chi connectivity index (χ3n) is 4.23. The van der Waals surface area contributed by atoms with E-state index in [4.69, 9.17) is 23.2 Å². The molecule has 7 heteroatoms. The van der Waals surface area contributed by atoms with Gasteiger partial charge in [0.15, 0.2) is 5.82 Å². The quantitative estimate of drug-likeness (QED) is 0.296. The van der Waals surface area contributed by atoms with Crippen molar-refractivity contribution in [3.05, 3.63) is 93.0 Å². The zero-order valence-electron chi connectivity index (χ0n) is 14.1. The Morgan fingerprint density at radius 3 is 2.29 bits per heavy atom. The predicted octanol–water partition coefficient (Wildman–Crippen LogP) is 7.55. The average molecular weight is 480 g/mol. The Morgan fingerprint density at radius 1 is 0.821 bits per heavy atom. The fraction of sp³-hybridized carbons (Fsp3) is 0. The predicted molar refractivity (Wildman–Crippen MR) is 112 cm³/mol. The minimum absolute atomic E-state index is 0.00979. The fourth-order valence-electron chi connectivity index (χ4n) is 2.97. The molecule has 140 valence electrons. The van der Waals surface area contributed by atoms with E-state index in [1.165, 1.54) is 18.2 Å². The summed E-state index contributed by atoms with van der Waals surface area (Å²) in [5, 5.41) is -0.0469. The van der Waals surface area contributed by atoms with Gasteiger partial charge in [-0.15, -0.1) is 0 Å². The van der Waals surface area contributed by atoms with Gasteiger partial charge in [0.2, 0.25) is 0 Å². The SMILES string of the molecule is Fc1ccc(-c2c(Br)nc(-c3ccccc3)n2-c2cccc(Cl)c2F)cc1Cl. The van der Waals surface area contributed by atoms with Crippen LogP contribution >= 0.6 is 39.1 Å². The molecule has 0 saturated carbocycles. The first-order valence-corrected chi connectivity index (χ1v) is 9.75. The Balaban J connectivity index is 2.08. The Bertz CT molecular complexity index is 1180. The first kappa shape index (κ1) is 19.1. The summed E-state index contributed by atoms with van der Waals surface area (Å²) in [4.78, 5) is 4.59. The number of hydrogen-bond donors (Lipinski definition) is 0. The summed E-state index contributed by atoms with van der Waals surface area (Å²) in [7, 11) is 0. The molecule has 0 bridgehead atoms. The number of rotatable bonds is 3. The molecule has 2 nitrogen and oxygen atoms in total. The average Bonchev–Trinajstić information content (AvgIpc) is 3.04. The molecule has 0 saturated heterocycles. The molecule has 4 aromatic rings. The number of benzene rings is 3. The van der Waals surface area contributed by atoms with E-state index < -0.39 is 11.6 Å². The van der Waals surface area contributed by atoms with Crippen molar-refractivity contribution in [3.63, 3.8) is 0 Å². The van der Waals surface area contributed by atoms with Crippen LogP contribution in [0, 0.1) is 11.6 Å². The minimum atomic E-state index is -0.583. The van der Waals surface area contributed by atoms with Crippen molar-refractivity contribution in [2.75, 3.05) is 0 Å². The summed E-state index contributed by atoms with van der Waals surface area (Å²) in [6, 6.07) is 18.4. The van der Waals surface area contributed by atoms with Crippen LogP contribution in [0.3, 0.4) is 0 Å². The van der Waals surface area contributed by atoms with Gasteiger partial charge in [0.25, 0.3) is 0 Å². The topological polar surface area (TPSA) is 17.8 Å². The number of hydrogen-bond acceptors (Lipinski definition) is 1. The molecule has 1 aromatic heterocycles. The Labute approximate surface area is 178 Å². The van der Waals surface area contributed by atoms with Crippen LogP contribution in [0.5, 0.6) is 0 Å². The molecule has 0 unspecified atom stereocenters. The van der Waals surface area contributed by atoms with E-state index >= 15 is 0 Å². The summed E-state index contributed by atoms with van der Waals surface area (Å²) in [5.41, 5.74) is 2.11. The van der Waals surface area contributed by atoms with Gasteiger partial charge in [-0.05, 0) is 46.3 Å². The van der Waals surface area contributed by atoms with E-state index in [1.807, 2.05) is 30.3 Å². The zero-order valence-corrected chi connectivity index (χ0v) is 17.2. The second-order valence-electron chi connectivity index (χ2n) is 5.98. The van der Waals surface area contributed by atoms with E-state index in [0.29, 0.717) is 21.7 Å². The van der Waals surface area contributed by atoms with Gasteiger partial charge in [-0.2, -0.15) is 0 Å². The third kappa shape index (κ3) is 3.34. The second kappa shape index (κ2) is 7.66. The first-order valence-electron chi connectivity index (χ1n) is 8.21. The van der Waals surface area contributed by atoms with Crippen LogP contribution in [-0.2, 0) is 0 Å². The lowest BCUT2D eigenvalue weighted by molar-refractivity contribution is 0.619. The van der Waals surface area contributed by atoms with E-state index in [0.717, 1.165) is 5.56 Å². The highest BCUT2D eigenvalue weighted by molar-refractivity contribution is 9.10. The highest BCUT2D eigenvalue weighted by Crippen LogP contribution is 2.38. The van der Waals surface area contributed by atoms with Crippen molar-refractivity contribution in [3.8, 4) is 28.3 Å². The Hall–Kier alpha value is -2.21. The molecule has 1 heterocycles. The molecule has 0 spiro atoms. The van der Waals surface area contributed by atoms with Gasteiger partial charge < -0.3 is 0 Å². The lowest BCUT2D eigenvalue weighted by Gasteiger charge is -2.14. The molecular weight excluding hydrogens is 469 g/mol. The zero-order chi connectivity index (χ0) is 19.8. The molecule has 0 atom stereocenters. The molecule has 4 rings (SSSR count). The van der Waals surface area contributed by atoms with Crippen LogP contribution in [0.15, 0.2) is 71.3 Å². The maximum Gasteiger partial charge on any atom is 0.165 e. The summed E-state index contributed by atoms with van der Waals surface area (Å²) in [5.74, 6) is -0.616. The summed E-state index contributed by atoms with van der Waals surface area (Å²) in [6.45, 7) is 0. The number of halogens is 5. The van der Waals surface area contributed by atoms with Gasteiger partial charge in [0, 0.05) is 11.1 Å². The molecule has 0 aliphatic carbocycles. The van der Waals surface area contributed by atoms with Crippen molar-refractivity contribution < 1.29 is 8.78 Å². The van der Waals surface area contributed by atoms with Gasteiger partial charge in [0.1, 0.15) is 16.2 Å². The van der Waals surface area contributed by atoms with E-state index in [-0.39, 0.29) is 15.7 Å². The normalized spacial score (nSPS) is 11.0.